The van der Waals surface area contributed by atoms with E-state index in [0.29, 0.717) is 6.42 Å². The highest BCUT2D eigenvalue weighted by Gasteiger charge is 2.37. The van der Waals surface area contributed by atoms with E-state index < -0.39 is 35.8 Å². The number of carbonyl (C=O) groups excluding carboxylic acids is 3. The molecule has 1 aliphatic heterocycles. The molecule has 8 nitrogen and oxygen atoms in total. The van der Waals surface area contributed by atoms with Crippen molar-refractivity contribution in [2.24, 2.45) is 5.73 Å². The number of imide groups is 1. The van der Waals surface area contributed by atoms with Crippen LogP contribution in [0, 0.1) is 0 Å². The molecule has 19 heavy (non-hydrogen) atoms. The Bertz CT molecular complexity index is 409. The predicted molar refractivity (Wildman–Crippen MR) is 63.8 cm³/mol. The van der Waals surface area contributed by atoms with Crippen LogP contribution in [0.25, 0.3) is 0 Å². The number of aliphatic carboxylic acids is 1. The summed E-state index contributed by atoms with van der Waals surface area (Å²) in [6.45, 7) is 1.48. The molecule has 0 spiro atoms. The first kappa shape index (κ1) is 15.1. The van der Waals surface area contributed by atoms with Gasteiger partial charge in [-0.05, 0) is 12.8 Å². The molecule has 4 N–H and O–H groups in total. The molecule has 2 unspecified atom stereocenters. The SMILES string of the molecule is CCC1C(=O)NC(=O)CN1C(=O)C(N)CCC(=O)O. The molecule has 1 saturated heterocycles. The van der Waals surface area contributed by atoms with Crippen molar-refractivity contribution in [1.82, 2.24) is 10.2 Å². The Balaban J connectivity index is 2.74. The average molecular weight is 271 g/mol. The van der Waals surface area contributed by atoms with Crippen LogP contribution in [-0.4, -0.2) is 52.3 Å². The van der Waals surface area contributed by atoms with Crippen molar-refractivity contribution in [2.75, 3.05) is 6.54 Å². The molecule has 8 heteroatoms. The third-order valence-electron chi connectivity index (χ3n) is 2.91. The van der Waals surface area contributed by atoms with Crippen LogP contribution in [0.1, 0.15) is 26.2 Å². The molecule has 1 heterocycles. The van der Waals surface area contributed by atoms with Crippen molar-refractivity contribution >= 4 is 23.7 Å². The predicted octanol–water partition coefficient (Wildman–Crippen LogP) is -1.56. The van der Waals surface area contributed by atoms with Gasteiger partial charge in [0.15, 0.2) is 0 Å². The van der Waals surface area contributed by atoms with E-state index in [4.69, 9.17) is 10.8 Å². The zero-order chi connectivity index (χ0) is 14.6. The van der Waals surface area contributed by atoms with Gasteiger partial charge in [-0.2, -0.15) is 0 Å². The van der Waals surface area contributed by atoms with Gasteiger partial charge in [0.05, 0.1) is 6.04 Å². The van der Waals surface area contributed by atoms with Crippen molar-refractivity contribution in [1.29, 1.82) is 0 Å². The van der Waals surface area contributed by atoms with Crippen LogP contribution in [0.15, 0.2) is 0 Å². The van der Waals surface area contributed by atoms with E-state index in [0.717, 1.165) is 4.90 Å². The summed E-state index contributed by atoms with van der Waals surface area (Å²) in [7, 11) is 0. The highest BCUT2D eigenvalue weighted by Crippen LogP contribution is 2.12. The highest BCUT2D eigenvalue weighted by atomic mass is 16.4. The first-order valence-corrected chi connectivity index (χ1v) is 5.98. The lowest BCUT2D eigenvalue weighted by atomic mass is 10.1. The minimum atomic E-state index is -1.05. The van der Waals surface area contributed by atoms with Crippen LogP contribution >= 0.6 is 0 Å². The minimum Gasteiger partial charge on any atom is -0.481 e. The van der Waals surface area contributed by atoms with Gasteiger partial charge in [-0.15, -0.1) is 0 Å². The number of hydrogen-bond donors (Lipinski definition) is 3. The van der Waals surface area contributed by atoms with Gasteiger partial charge in [0, 0.05) is 6.42 Å². The summed E-state index contributed by atoms with van der Waals surface area (Å²) in [5.41, 5.74) is 5.61. The zero-order valence-corrected chi connectivity index (χ0v) is 10.6. The molecule has 1 fully saturated rings. The second-order valence-corrected chi connectivity index (χ2v) is 4.34. The maximum absolute atomic E-state index is 12.0. The van der Waals surface area contributed by atoms with Gasteiger partial charge >= 0.3 is 5.97 Å². The number of nitrogens with zero attached hydrogens (tertiary/aromatic N) is 1. The third-order valence-corrected chi connectivity index (χ3v) is 2.91. The van der Waals surface area contributed by atoms with Gasteiger partial charge in [-0.25, -0.2) is 0 Å². The fourth-order valence-corrected chi connectivity index (χ4v) is 1.92. The number of carboxylic acids is 1. The van der Waals surface area contributed by atoms with Crippen molar-refractivity contribution in [3.05, 3.63) is 0 Å². The molecule has 0 aromatic heterocycles. The van der Waals surface area contributed by atoms with E-state index in [2.05, 4.69) is 5.32 Å². The number of hydrogen-bond acceptors (Lipinski definition) is 5. The number of carbonyl (C=O) groups is 4. The van der Waals surface area contributed by atoms with Crippen molar-refractivity contribution in [3.63, 3.8) is 0 Å². The fraction of sp³-hybridized carbons (Fsp3) is 0.636. The molecule has 1 aliphatic rings. The maximum atomic E-state index is 12.0. The number of carboxylic acid groups (broad SMARTS) is 1. The quantitative estimate of drug-likeness (QED) is 0.518. The van der Waals surface area contributed by atoms with E-state index >= 15 is 0 Å². The molecule has 0 aromatic rings. The first-order chi connectivity index (χ1) is 8.86. The van der Waals surface area contributed by atoms with E-state index in [-0.39, 0.29) is 19.4 Å². The summed E-state index contributed by atoms with van der Waals surface area (Å²) in [5.74, 6) is -2.72. The molecule has 0 saturated carbocycles. The van der Waals surface area contributed by atoms with Gasteiger partial charge in [0.25, 0.3) is 0 Å². The van der Waals surface area contributed by atoms with Crippen LogP contribution in [-0.2, 0) is 19.2 Å². The van der Waals surface area contributed by atoms with Crippen molar-refractivity contribution in [3.8, 4) is 0 Å². The monoisotopic (exact) mass is 271 g/mol. The number of piperazine rings is 1. The zero-order valence-electron chi connectivity index (χ0n) is 10.6. The normalized spacial score (nSPS) is 20.9. The molecule has 106 valence electrons. The van der Waals surface area contributed by atoms with E-state index in [9.17, 15) is 19.2 Å². The largest absolute Gasteiger partial charge is 0.481 e. The fourth-order valence-electron chi connectivity index (χ4n) is 1.92. The minimum absolute atomic E-state index is 0.0308. The van der Waals surface area contributed by atoms with Crippen LogP contribution < -0.4 is 11.1 Å². The summed E-state index contributed by atoms with van der Waals surface area (Å²) in [6.07, 6.45) is 0.0884. The molecule has 3 amide bonds. The van der Waals surface area contributed by atoms with Crippen molar-refractivity contribution < 1.29 is 24.3 Å². The third kappa shape index (κ3) is 3.75. The maximum Gasteiger partial charge on any atom is 0.303 e. The number of amides is 3. The average Bonchev–Trinajstić information content (AvgIpc) is 2.34. The molecule has 0 bridgehead atoms. The van der Waals surface area contributed by atoms with Gasteiger partial charge in [-0.1, -0.05) is 6.92 Å². The van der Waals surface area contributed by atoms with Crippen LogP contribution in [0.3, 0.4) is 0 Å². The molecule has 0 aromatic carbocycles. The Morgan fingerprint density at radius 2 is 2.16 bits per heavy atom. The molecule has 0 aliphatic carbocycles. The summed E-state index contributed by atoms with van der Waals surface area (Å²) in [6, 6.07) is -1.76. The summed E-state index contributed by atoms with van der Waals surface area (Å²) >= 11 is 0. The van der Waals surface area contributed by atoms with Gasteiger partial charge in [-0.3, -0.25) is 24.5 Å². The number of nitrogens with two attached hydrogens (primary N) is 1. The highest BCUT2D eigenvalue weighted by molar-refractivity contribution is 6.04. The van der Waals surface area contributed by atoms with Gasteiger partial charge < -0.3 is 15.7 Å². The van der Waals surface area contributed by atoms with Gasteiger partial charge in [0.2, 0.25) is 17.7 Å². The lowest BCUT2D eigenvalue weighted by Gasteiger charge is -2.34. The molecular formula is C11H17N3O5. The number of rotatable bonds is 5. The lowest BCUT2D eigenvalue weighted by molar-refractivity contribution is -0.151. The van der Waals surface area contributed by atoms with E-state index in [1.54, 1.807) is 6.92 Å². The Morgan fingerprint density at radius 1 is 1.53 bits per heavy atom. The second kappa shape index (κ2) is 6.28. The lowest BCUT2D eigenvalue weighted by Crippen LogP contribution is -2.62. The second-order valence-electron chi connectivity index (χ2n) is 4.34. The van der Waals surface area contributed by atoms with Crippen molar-refractivity contribution in [2.45, 2.75) is 38.3 Å². The summed E-state index contributed by atoms with van der Waals surface area (Å²) in [4.78, 5) is 46.5. The Hall–Kier alpha value is -1.96. The van der Waals surface area contributed by atoms with E-state index in [1.165, 1.54) is 0 Å². The molecular weight excluding hydrogens is 254 g/mol. The molecule has 1 rings (SSSR count). The summed E-state index contributed by atoms with van der Waals surface area (Å²) < 4.78 is 0. The first-order valence-electron chi connectivity index (χ1n) is 5.98. The Labute approximate surface area is 109 Å². The van der Waals surface area contributed by atoms with Gasteiger partial charge in [0.1, 0.15) is 12.6 Å². The number of nitrogens with one attached hydrogen (secondary N) is 1. The smallest absolute Gasteiger partial charge is 0.303 e. The standard InChI is InChI=1S/C11H17N3O5/c1-2-7-10(18)13-8(15)5-14(7)11(19)6(12)3-4-9(16)17/h6-7H,2-5,12H2,1H3,(H,16,17)(H,13,15,18). The van der Waals surface area contributed by atoms with Crippen LogP contribution in [0.4, 0.5) is 0 Å². The topological polar surface area (TPSA) is 130 Å². The summed E-state index contributed by atoms with van der Waals surface area (Å²) in [5, 5.41) is 10.7. The molecule has 0 radical (unpaired) electrons. The Morgan fingerprint density at radius 3 is 2.68 bits per heavy atom. The van der Waals surface area contributed by atoms with Crippen LogP contribution in [0.5, 0.6) is 0 Å². The van der Waals surface area contributed by atoms with E-state index in [1.807, 2.05) is 0 Å². The Kier molecular flexibility index (Phi) is 4.99. The molecule has 2 atom stereocenters. The van der Waals surface area contributed by atoms with Crippen LogP contribution in [0.2, 0.25) is 0 Å².